The maximum Gasteiger partial charge on any atom is 0.165 e. The molecule has 4 heterocycles. The number of pyridine rings is 1. The Morgan fingerprint density at radius 2 is 0.978 bits per heavy atom. The molecule has 10 aromatic rings. The molecule has 0 saturated heterocycles. The molecule has 0 aliphatic carbocycles. The number of rotatable bonds is 3. The van der Waals surface area contributed by atoms with Gasteiger partial charge in [0, 0.05) is 32.9 Å². The van der Waals surface area contributed by atoms with E-state index in [-0.39, 0.29) is 0 Å². The Morgan fingerprint density at radius 1 is 0.413 bits per heavy atom. The van der Waals surface area contributed by atoms with Crippen molar-refractivity contribution >= 4 is 65.8 Å². The third-order valence-electron chi connectivity index (χ3n) is 9.12. The molecule has 46 heavy (non-hydrogen) atoms. The van der Waals surface area contributed by atoms with Crippen LogP contribution in [0.2, 0.25) is 0 Å². The number of hydrogen-bond donors (Lipinski definition) is 0. The Kier molecular flexibility index (Phi) is 5.22. The van der Waals surface area contributed by atoms with Crippen LogP contribution in [0.15, 0.2) is 152 Å². The molecule has 0 bridgehead atoms. The Balaban J connectivity index is 1.26. The minimum Gasteiger partial charge on any atom is -0.308 e. The second-order valence-corrected chi connectivity index (χ2v) is 11.7. The van der Waals surface area contributed by atoms with Gasteiger partial charge in [0.2, 0.25) is 0 Å². The topological polar surface area (TPSA) is 48.5 Å². The Hall–Kier alpha value is -6.33. The zero-order chi connectivity index (χ0) is 30.2. The summed E-state index contributed by atoms with van der Waals surface area (Å²) in [5.41, 5.74) is 12.3. The van der Waals surface area contributed by atoms with Gasteiger partial charge in [-0.25, -0.2) is 9.97 Å². The fourth-order valence-corrected chi connectivity index (χ4v) is 7.06. The molecule has 0 unspecified atom stereocenters. The van der Waals surface area contributed by atoms with Crippen molar-refractivity contribution in [2.24, 2.45) is 0 Å². The van der Waals surface area contributed by atoms with Crippen molar-refractivity contribution in [3.8, 4) is 22.5 Å². The van der Waals surface area contributed by atoms with E-state index in [4.69, 9.17) is 15.0 Å². The van der Waals surface area contributed by atoms with Crippen LogP contribution in [-0.4, -0.2) is 24.1 Å². The molecule has 214 valence electrons. The normalized spacial score (nSPS) is 11.9. The van der Waals surface area contributed by atoms with Crippen molar-refractivity contribution < 1.29 is 0 Å². The van der Waals surface area contributed by atoms with E-state index in [1.165, 1.54) is 10.8 Å². The molecule has 0 amide bonds. The zero-order valence-electron chi connectivity index (χ0n) is 24.7. The first kappa shape index (κ1) is 25.0. The lowest BCUT2D eigenvalue weighted by molar-refractivity contribution is 1.14. The van der Waals surface area contributed by atoms with E-state index in [0.717, 1.165) is 77.5 Å². The van der Waals surface area contributed by atoms with Crippen LogP contribution in [0.1, 0.15) is 0 Å². The second-order valence-electron chi connectivity index (χ2n) is 11.7. The molecule has 0 fully saturated rings. The maximum atomic E-state index is 5.16. The second kappa shape index (κ2) is 9.58. The largest absolute Gasteiger partial charge is 0.308 e. The zero-order valence-corrected chi connectivity index (χ0v) is 24.7. The molecule has 0 radical (unpaired) electrons. The fraction of sp³-hybridized carbons (Fsp3) is 0. The first-order chi connectivity index (χ1) is 22.8. The highest BCUT2D eigenvalue weighted by Crippen LogP contribution is 2.39. The molecule has 0 spiro atoms. The van der Waals surface area contributed by atoms with E-state index in [2.05, 4.69) is 124 Å². The summed E-state index contributed by atoms with van der Waals surface area (Å²) in [5.74, 6) is 0. The highest BCUT2D eigenvalue weighted by molar-refractivity contribution is 6.21. The van der Waals surface area contributed by atoms with Crippen LogP contribution in [-0.2, 0) is 0 Å². The predicted octanol–water partition coefficient (Wildman–Crippen LogP) is 10.0. The molecular weight excluding hydrogens is 562 g/mol. The Labute approximate surface area is 263 Å². The van der Waals surface area contributed by atoms with Crippen LogP contribution < -0.4 is 0 Å². The summed E-state index contributed by atoms with van der Waals surface area (Å²) in [6.45, 7) is 0. The number of hydrogen-bond acceptors (Lipinski definition) is 3. The van der Waals surface area contributed by atoms with Crippen molar-refractivity contribution in [1.29, 1.82) is 0 Å². The first-order valence-electron chi connectivity index (χ1n) is 15.5. The van der Waals surface area contributed by atoms with Crippen molar-refractivity contribution in [3.05, 3.63) is 152 Å². The molecular formula is C41H25N5. The summed E-state index contributed by atoms with van der Waals surface area (Å²) in [7, 11) is 0. The van der Waals surface area contributed by atoms with E-state index in [1.54, 1.807) is 0 Å². The third kappa shape index (κ3) is 3.60. The standard InChI is InChI=1S/C41H25N5/c1-3-11-28(12-4-1)45-36-21-19-26(23-31(36)39-30-15-7-8-16-33(30)42-25-38(39)45)27-20-22-37-32(24-27)40-41(46(37)29-13-5-2-6-14-29)44-35-18-10-9-17-34(35)43-40/h1-25H. The molecule has 0 saturated carbocycles. The van der Waals surface area contributed by atoms with E-state index >= 15 is 0 Å². The number of fused-ring (bicyclic) bond motifs is 9. The summed E-state index contributed by atoms with van der Waals surface area (Å²) in [4.78, 5) is 15.1. The smallest absolute Gasteiger partial charge is 0.165 e. The summed E-state index contributed by atoms with van der Waals surface area (Å²) >= 11 is 0. The molecule has 0 aliphatic heterocycles. The Bertz CT molecular complexity index is 2790. The van der Waals surface area contributed by atoms with Gasteiger partial charge in [-0.15, -0.1) is 0 Å². The van der Waals surface area contributed by atoms with E-state index < -0.39 is 0 Å². The molecule has 0 N–H and O–H groups in total. The maximum absolute atomic E-state index is 5.16. The van der Waals surface area contributed by atoms with Crippen molar-refractivity contribution in [1.82, 2.24) is 24.1 Å². The average Bonchev–Trinajstić information content (AvgIpc) is 3.63. The average molecular weight is 588 g/mol. The lowest BCUT2D eigenvalue weighted by atomic mass is 10.0. The van der Waals surface area contributed by atoms with Crippen LogP contribution >= 0.6 is 0 Å². The van der Waals surface area contributed by atoms with Gasteiger partial charge in [0.1, 0.15) is 5.52 Å². The van der Waals surface area contributed by atoms with Gasteiger partial charge >= 0.3 is 0 Å². The quantitative estimate of drug-likeness (QED) is 0.207. The van der Waals surface area contributed by atoms with Gasteiger partial charge in [0.25, 0.3) is 0 Å². The van der Waals surface area contributed by atoms with Gasteiger partial charge in [-0.1, -0.05) is 78.9 Å². The minimum absolute atomic E-state index is 0.859. The van der Waals surface area contributed by atoms with E-state index in [9.17, 15) is 0 Å². The molecule has 6 aromatic carbocycles. The van der Waals surface area contributed by atoms with Crippen LogP contribution in [0, 0.1) is 0 Å². The van der Waals surface area contributed by atoms with Crippen molar-refractivity contribution in [2.75, 3.05) is 0 Å². The summed E-state index contributed by atoms with van der Waals surface area (Å²) in [5, 5.41) is 4.65. The van der Waals surface area contributed by atoms with Crippen molar-refractivity contribution in [3.63, 3.8) is 0 Å². The number of benzene rings is 6. The number of nitrogens with zero attached hydrogens (tertiary/aromatic N) is 5. The van der Waals surface area contributed by atoms with Crippen LogP contribution in [0.5, 0.6) is 0 Å². The molecule has 5 heteroatoms. The molecule has 0 aliphatic rings. The SMILES string of the molecule is c1ccc(-n2c3ccc(-c4ccc5c(c4)c4nc6ccccc6nc4n5-c4ccccc4)cc3c3c4ccccc4ncc32)cc1. The molecule has 4 aromatic heterocycles. The van der Waals surface area contributed by atoms with Gasteiger partial charge < -0.3 is 4.57 Å². The van der Waals surface area contributed by atoms with Crippen molar-refractivity contribution in [2.45, 2.75) is 0 Å². The monoisotopic (exact) mass is 587 g/mol. The van der Waals surface area contributed by atoms with E-state index in [0.29, 0.717) is 0 Å². The van der Waals surface area contributed by atoms with Crippen LogP contribution in [0.25, 0.3) is 88.3 Å². The van der Waals surface area contributed by atoms with Gasteiger partial charge in [-0.3, -0.25) is 9.55 Å². The van der Waals surface area contributed by atoms with Crippen LogP contribution in [0.3, 0.4) is 0 Å². The van der Waals surface area contributed by atoms with Gasteiger partial charge in [0.05, 0.1) is 39.3 Å². The predicted molar refractivity (Wildman–Crippen MR) is 189 cm³/mol. The fourth-order valence-electron chi connectivity index (χ4n) is 7.06. The molecule has 5 nitrogen and oxygen atoms in total. The lowest BCUT2D eigenvalue weighted by Gasteiger charge is -2.09. The summed E-state index contributed by atoms with van der Waals surface area (Å²) < 4.78 is 4.55. The lowest BCUT2D eigenvalue weighted by Crippen LogP contribution is -1.96. The van der Waals surface area contributed by atoms with Crippen LogP contribution in [0.4, 0.5) is 0 Å². The minimum atomic E-state index is 0.859. The number of aromatic nitrogens is 5. The van der Waals surface area contributed by atoms with Gasteiger partial charge in [-0.2, -0.15) is 0 Å². The van der Waals surface area contributed by atoms with Gasteiger partial charge in [-0.05, 0) is 77.9 Å². The summed E-state index contributed by atoms with van der Waals surface area (Å²) in [6, 6.07) is 51.0. The first-order valence-corrected chi connectivity index (χ1v) is 15.5. The van der Waals surface area contributed by atoms with Gasteiger partial charge in [0.15, 0.2) is 5.65 Å². The highest BCUT2D eigenvalue weighted by Gasteiger charge is 2.19. The third-order valence-corrected chi connectivity index (χ3v) is 9.12. The molecule has 10 rings (SSSR count). The Morgan fingerprint density at radius 3 is 1.70 bits per heavy atom. The summed E-state index contributed by atoms with van der Waals surface area (Å²) in [6.07, 6.45) is 2.01. The highest BCUT2D eigenvalue weighted by atomic mass is 15.1. The molecule has 0 atom stereocenters. The number of para-hydroxylation sites is 5. The van der Waals surface area contributed by atoms with E-state index in [1.807, 2.05) is 36.5 Å².